The van der Waals surface area contributed by atoms with Gasteiger partial charge >= 0.3 is 0 Å². The molecule has 1 heterocycles. The second-order valence-corrected chi connectivity index (χ2v) is 6.49. The van der Waals surface area contributed by atoms with E-state index < -0.39 is 5.54 Å². The summed E-state index contributed by atoms with van der Waals surface area (Å²) in [6.45, 7) is 6.94. The van der Waals surface area contributed by atoms with Crippen LogP contribution in [0.25, 0.3) is 0 Å². The summed E-state index contributed by atoms with van der Waals surface area (Å²) in [7, 11) is 1.86. The molecule has 0 aliphatic carbocycles. The monoisotopic (exact) mass is 340 g/mol. The zero-order chi connectivity index (χ0) is 14.8. The summed E-state index contributed by atoms with van der Waals surface area (Å²) >= 11 is 3.42. The molecule has 0 radical (unpaired) electrons. The van der Waals surface area contributed by atoms with Crippen LogP contribution in [0.2, 0.25) is 0 Å². The lowest BCUT2D eigenvalue weighted by Crippen LogP contribution is -2.62. The van der Waals surface area contributed by atoms with E-state index in [-0.39, 0.29) is 5.91 Å². The zero-order valence-corrected chi connectivity index (χ0v) is 13.8. The van der Waals surface area contributed by atoms with Gasteiger partial charge in [-0.3, -0.25) is 9.69 Å². The Kier molecular flexibility index (Phi) is 4.70. The van der Waals surface area contributed by atoms with Crippen LogP contribution in [-0.2, 0) is 4.79 Å². The summed E-state index contributed by atoms with van der Waals surface area (Å²) in [4.78, 5) is 16.2. The molecule has 0 atom stereocenters. The van der Waals surface area contributed by atoms with Gasteiger partial charge in [-0.1, -0.05) is 22.0 Å². The van der Waals surface area contributed by atoms with Crippen LogP contribution < -0.4 is 4.74 Å². The molecule has 5 heteroatoms. The molecule has 0 N–H and O–H groups in total. The highest BCUT2D eigenvalue weighted by molar-refractivity contribution is 9.10. The molecule has 0 saturated carbocycles. The number of rotatable bonds is 4. The number of carbonyl (C=O) groups excluding carboxylic acids is 1. The third-order valence-electron chi connectivity index (χ3n) is 3.79. The Morgan fingerprint density at radius 1 is 1.35 bits per heavy atom. The minimum Gasteiger partial charge on any atom is -0.492 e. The normalized spacial score (nSPS) is 19.2. The molecule has 2 rings (SSSR count). The predicted molar refractivity (Wildman–Crippen MR) is 82.9 cm³/mol. The summed E-state index contributed by atoms with van der Waals surface area (Å²) in [5, 5.41) is 0. The summed E-state index contributed by atoms with van der Waals surface area (Å²) in [6.07, 6.45) is 0. The van der Waals surface area contributed by atoms with Crippen molar-refractivity contribution in [1.29, 1.82) is 0 Å². The summed E-state index contributed by atoms with van der Waals surface area (Å²) in [5.41, 5.74) is -0.451. The summed E-state index contributed by atoms with van der Waals surface area (Å²) in [5.74, 6) is 1.02. The molecule has 1 amide bonds. The van der Waals surface area contributed by atoms with E-state index in [2.05, 4.69) is 20.8 Å². The van der Waals surface area contributed by atoms with Crippen LogP contribution in [0.4, 0.5) is 0 Å². The van der Waals surface area contributed by atoms with Crippen molar-refractivity contribution in [2.75, 3.05) is 33.3 Å². The van der Waals surface area contributed by atoms with Crippen LogP contribution in [0, 0.1) is 0 Å². The Labute approximate surface area is 128 Å². The first-order chi connectivity index (χ1) is 9.41. The molecule has 1 aromatic carbocycles. The van der Waals surface area contributed by atoms with E-state index in [1.807, 2.05) is 45.2 Å². The minimum atomic E-state index is -0.451. The number of nitrogens with zero attached hydrogens (tertiary/aromatic N) is 2. The van der Waals surface area contributed by atoms with Gasteiger partial charge in [-0.05, 0) is 32.0 Å². The van der Waals surface area contributed by atoms with Crippen LogP contribution in [0.1, 0.15) is 13.8 Å². The van der Waals surface area contributed by atoms with Crippen molar-refractivity contribution in [1.82, 2.24) is 9.80 Å². The Morgan fingerprint density at radius 2 is 2.10 bits per heavy atom. The molecule has 0 bridgehead atoms. The number of hydrogen-bond acceptors (Lipinski definition) is 3. The van der Waals surface area contributed by atoms with Gasteiger partial charge in [-0.15, -0.1) is 0 Å². The number of likely N-dealkylation sites (N-methyl/N-ethyl adjacent to an activating group) is 1. The largest absolute Gasteiger partial charge is 0.492 e. The Balaban J connectivity index is 1.89. The molecule has 110 valence electrons. The lowest BCUT2D eigenvalue weighted by molar-refractivity contribution is -0.147. The fraction of sp³-hybridized carbons (Fsp3) is 0.533. The second kappa shape index (κ2) is 6.14. The predicted octanol–water partition coefficient (Wildman–Crippen LogP) is 2.38. The highest BCUT2D eigenvalue weighted by Gasteiger charge is 2.39. The molecule has 1 aromatic rings. The van der Waals surface area contributed by atoms with E-state index in [1.54, 1.807) is 4.90 Å². The molecule has 20 heavy (non-hydrogen) atoms. The molecule has 1 saturated heterocycles. The first-order valence-corrected chi connectivity index (χ1v) is 7.59. The van der Waals surface area contributed by atoms with E-state index in [4.69, 9.17) is 4.74 Å². The van der Waals surface area contributed by atoms with Crippen LogP contribution in [0.5, 0.6) is 5.75 Å². The maximum Gasteiger partial charge on any atom is 0.242 e. The van der Waals surface area contributed by atoms with E-state index in [9.17, 15) is 4.79 Å². The van der Waals surface area contributed by atoms with Crippen molar-refractivity contribution in [3.63, 3.8) is 0 Å². The number of ether oxygens (including phenoxy) is 1. The van der Waals surface area contributed by atoms with Crippen LogP contribution in [-0.4, -0.2) is 54.5 Å². The van der Waals surface area contributed by atoms with Gasteiger partial charge < -0.3 is 9.64 Å². The molecule has 0 unspecified atom stereocenters. The Bertz CT molecular complexity index is 491. The zero-order valence-electron chi connectivity index (χ0n) is 12.2. The first-order valence-electron chi connectivity index (χ1n) is 6.80. The number of benzene rings is 1. The third-order valence-corrected chi connectivity index (χ3v) is 4.29. The number of carbonyl (C=O) groups is 1. The fourth-order valence-electron chi connectivity index (χ4n) is 2.48. The standard InChI is InChI=1S/C15H21BrN2O2/c1-15(2)14(19)17(3)7-8-18(15)9-10-20-13-6-4-5-12(16)11-13/h4-6,11H,7-10H2,1-3H3. The summed E-state index contributed by atoms with van der Waals surface area (Å²) < 4.78 is 6.75. The van der Waals surface area contributed by atoms with Crippen LogP contribution >= 0.6 is 15.9 Å². The van der Waals surface area contributed by atoms with E-state index in [0.29, 0.717) is 6.61 Å². The average molecular weight is 341 g/mol. The average Bonchev–Trinajstić information content (AvgIpc) is 2.39. The molecule has 1 fully saturated rings. The molecular weight excluding hydrogens is 320 g/mol. The van der Waals surface area contributed by atoms with Gasteiger partial charge in [0.2, 0.25) is 5.91 Å². The maximum atomic E-state index is 12.2. The molecule has 1 aliphatic rings. The van der Waals surface area contributed by atoms with Crippen molar-refractivity contribution in [3.8, 4) is 5.75 Å². The minimum absolute atomic E-state index is 0.172. The quantitative estimate of drug-likeness (QED) is 0.843. The van der Waals surface area contributed by atoms with Crippen LogP contribution in [0.15, 0.2) is 28.7 Å². The molecule has 0 aromatic heterocycles. The van der Waals surface area contributed by atoms with Gasteiger partial charge in [0, 0.05) is 31.2 Å². The maximum absolute atomic E-state index is 12.2. The summed E-state index contributed by atoms with van der Waals surface area (Å²) in [6, 6.07) is 7.79. The van der Waals surface area contributed by atoms with Gasteiger partial charge in [0.15, 0.2) is 0 Å². The van der Waals surface area contributed by atoms with Gasteiger partial charge in [0.1, 0.15) is 12.4 Å². The van der Waals surface area contributed by atoms with Crippen molar-refractivity contribution in [3.05, 3.63) is 28.7 Å². The van der Waals surface area contributed by atoms with Crippen molar-refractivity contribution in [2.24, 2.45) is 0 Å². The van der Waals surface area contributed by atoms with E-state index in [0.717, 1.165) is 29.9 Å². The fourth-order valence-corrected chi connectivity index (χ4v) is 2.85. The lowest BCUT2D eigenvalue weighted by atomic mass is 9.98. The Morgan fingerprint density at radius 3 is 2.80 bits per heavy atom. The van der Waals surface area contributed by atoms with Crippen molar-refractivity contribution < 1.29 is 9.53 Å². The van der Waals surface area contributed by atoms with Crippen molar-refractivity contribution >= 4 is 21.8 Å². The first kappa shape index (κ1) is 15.3. The van der Waals surface area contributed by atoms with Gasteiger partial charge in [-0.25, -0.2) is 0 Å². The second-order valence-electron chi connectivity index (χ2n) is 5.58. The Hall–Kier alpha value is -1.07. The van der Waals surface area contributed by atoms with Crippen LogP contribution in [0.3, 0.4) is 0 Å². The highest BCUT2D eigenvalue weighted by Crippen LogP contribution is 2.22. The number of hydrogen-bond donors (Lipinski definition) is 0. The SMILES string of the molecule is CN1CCN(CCOc2cccc(Br)c2)C(C)(C)C1=O. The highest BCUT2D eigenvalue weighted by atomic mass is 79.9. The number of halogens is 1. The topological polar surface area (TPSA) is 32.8 Å². The molecular formula is C15H21BrN2O2. The smallest absolute Gasteiger partial charge is 0.242 e. The number of amides is 1. The van der Waals surface area contributed by atoms with E-state index >= 15 is 0 Å². The lowest BCUT2D eigenvalue weighted by Gasteiger charge is -2.44. The van der Waals surface area contributed by atoms with Crippen molar-refractivity contribution in [2.45, 2.75) is 19.4 Å². The third kappa shape index (κ3) is 3.33. The number of piperazine rings is 1. The van der Waals surface area contributed by atoms with E-state index in [1.165, 1.54) is 0 Å². The molecule has 4 nitrogen and oxygen atoms in total. The van der Waals surface area contributed by atoms with Gasteiger partial charge in [0.25, 0.3) is 0 Å². The molecule has 1 aliphatic heterocycles. The molecule has 0 spiro atoms. The van der Waals surface area contributed by atoms with Gasteiger partial charge in [0.05, 0.1) is 5.54 Å². The van der Waals surface area contributed by atoms with Gasteiger partial charge in [-0.2, -0.15) is 0 Å².